The number of carbonyl (C=O) groups excluding carboxylic acids is 5. The Bertz CT molecular complexity index is 2130. The van der Waals surface area contributed by atoms with Crippen LogP contribution in [0.1, 0.15) is 166 Å². The number of benzene rings is 1. The molecule has 0 aromatic heterocycles. The maximum Gasteiger partial charge on any atom is 0.330 e. The second kappa shape index (κ2) is 32.0. The molecule has 1 saturated carbocycles. The average Bonchev–Trinajstić information content (AvgIpc) is 3.37. The molecule has 5 rings (SSSR count). The third kappa shape index (κ3) is 21.3. The number of aliphatic hydroxyl groups is 1. The summed E-state index contributed by atoms with van der Waals surface area (Å²) in [4.78, 5) is 61.1. The van der Waals surface area contributed by atoms with Crippen molar-refractivity contribution in [3.05, 3.63) is 72.4 Å². The van der Waals surface area contributed by atoms with Crippen molar-refractivity contribution >= 4 is 38.5 Å². The average molecular weight is 1130 g/mol. The van der Waals surface area contributed by atoms with Crippen LogP contribution in [0.5, 0.6) is 0 Å². The van der Waals surface area contributed by atoms with Gasteiger partial charge in [0.25, 0.3) is 0 Å². The molecule has 17 heteroatoms. The second-order valence-electron chi connectivity index (χ2n) is 24.4. The van der Waals surface area contributed by atoms with E-state index in [4.69, 9.17) is 42.3 Å². The number of allylic oxidation sites excluding steroid dienone is 2. The number of rotatable bonds is 21. The fourth-order valence-corrected chi connectivity index (χ4v) is 12.1. The SMILES string of the molecule is C=CC.COC(=O)/C=C1\C[C@@H](C[C@@H](OC(=O)C[C@@H](C[C@@H]2CCC[C@H](C[C@@H]3CCO[C@@]4(C[C@H](C)CC[C@H]4C(C)C)O3)O2)O[Si](C)(C)C(C)(C)C)[C@@H](C)OCc2ccccc2)O[C@@](O)(C(C)(C)/C=C/C=O)C1OC(C)=O.COC(C)=O. The quantitative estimate of drug-likeness (QED) is 0.0304. The molecule has 4 fully saturated rings. The monoisotopic (exact) mass is 1130 g/mol. The van der Waals surface area contributed by atoms with Crippen LogP contribution in [0.3, 0.4) is 0 Å². The molecule has 79 heavy (non-hydrogen) atoms. The molecule has 12 atom stereocenters. The summed E-state index contributed by atoms with van der Waals surface area (Å²) in [5.74, 6) is -3.68. The van der Waals surface area contributed by atoms with E-state index in [9.17, 15) is 29.1 Å². The zero-order chi connectivity index (χ0) is 59.4. The predicted octanol–water partition coefficient (Wildman–Crippen LogP) is 11.6. The number of carbonyl (C=O) groups is 5. The summed E-state index contributed by atoms with van der Waals surface area (Å²) in [6.07, 6.45) is 9.69. The number of hydrogen-bond donors (Lipinski definition) is 1. The first kappa shape index (κ1) is 69.2. The van der Waals surface area contributed by atoms with Gasteiger partial charge >= 0.3 is 23.9 Å². The van der Waals surface area contributed by atoms with Crippen LogP contribution in [0.15, 0.2) is 66.8 Å². The maximum absolute atomic E-state index is 14.6. The number of ether oxygens (including phenoxy) is 9. The van der Waals surface area contributed by atoms with E-state index >= 15 is 0 Å². The van der Waals surface area contributed by atoms with Crippen LogP contribution < -0.4 is 0 Å². The minimum atomic E-state index is -2.43. The van der Waals surface area contributed by atoms with Gasteiger partial charge in [0, 0.05) is 44.1 Å². The molecule has 1 aliphatic carbocycles. The Balaban J connectivity index is 0.00000191. The van der Waals surface area contributed by atoms with Crippen LogP contribution in [-0.2, 0) is 77.6 Å². The Hall–Kier alpha value is -4.07. The van der Waals surface area contributed by atoms with E-state index in [1.165, 1.54) is 52.7 Å². The Morgan fingerprint density at radius 1 is 0.886 bits per heavy atom. The van der Waals surface area contributed by atoms with Gasteiger partial charge in [-0.2, -0.15) is 0 Å². The molecular weight excluding hydrogens is 1030 g/mol. The van der Waals surface area contributed by atoms with Crippen molar-refractivity contribution in [3.63, 3.8) is 0 Å². The Morgan fingerprint density at radius 2 is 1.53 bits per heavy atom. The summed E-state index contributed by atoms with van der Waals surface area (Å²) >= 11 is 0. The summed E-state index contributed by atoms with van der Waals surface area (Å²) in [7, 11) is 0.143. The number of aldehydes is 1. The van der Waals surface area contributed by atoms with Gasteiger partial charge in [-0.25, -0.2) is 4.79 Å². The fraction of sp³-hybridized carbons (Fsp3) is 0.726. The second-order valence-corrected chi connectivity index (χ2v) is 29.1. The van der Waals surface area contributed by atoms with Gasteiger partial charge in [0.05, 0.1) is 70.5 Å². The molecule has 3 heterocycles. The van der Waals surface area contributed by atoms with E-state index in [2.05, 4.69) is 66.0 Å². The molecule has 4 aliphatic rings. The molecule has 1 aromatic rings. The lowest BCUT2D eigenvalue weighted by Crippen LogP contribution is -2.62. The number of hydrogen-bond acceptors (Lipinski definition) is 16. The molecule has 1 unspecified atom stereocenters. The first-order valence-electron chi connectivity index (χ1n) is 28.6. The lowest BCUT2D eigenvalue weighted by atomic mass is 9.72. The minimum Gasteiger partial charge on any atom is -0.469 e. The van der Waals surface area contributed by atoms with Crippen molar-refractivity contribution in [2.75, 3.05) is 20.8 Å². The third-order valence-electron chi connectivity index (χ3n) is 16.0. The molecule has 3 aliphatic heterocycles. The van der Waals surface area contributed by atoms with Crippen LogP contribution >= 0.6 is 0 Å². The van der Waals surface area contributed by atoms with E-state index in [-0.39, 0.29) is 60.8 Å². The van der Waals surface area contributed by atoms with Gasteiger partial charge in [0.2, 0.25) is 5.79 Å². The van der Waals surface area contributed by atoms with Gasteiger partial charge in [-0.1, -0.05) is 104 Å². The third-order valence-corrected chi connectivity index (χ3v) is 20.6. The Labute approximate surface area is 474 Å². The van der Waals surface area contributed by atoms with Crippen LogP contribution in [0.25, 0.3) is 0 Å². The van der Waals surface area contributed by atoms with Gasteiger partial charge in [0.1, 0.15) is 12.4 Å². The van der Waals surface area contributed by atoms with Crippen molar-refractivity contribution in [3.8, 4) is 0 Å². The number of methoxy groups -OCH3 is 2. The van der Waals surface area contributed by atoms with E-state index in [0.29, 0.717) is 37.1 Å². The largest absolute Gasteiger partial charge is 0.469 e. The zero-order valence-electron chi connectivity index (χ0n) is 50.8. The zero-order valence-corrected chi connectivity index (χ0v) is 51.8. The van der Waals surface area contributed by atoms with Gasteiger partial charge in [0.15, 0.2) is 20.2 Å². The lowest BCUT2D eigenvalue weighted by Gasteiger charge is -2.51. The summed E-state index contributed by atoms with van der Waals surface area (Å²) < 4.78 is 61.7. The van der Waals surface area contributed by atoms with Crippen LogP contribution in [0.2, 0.25) is 18.1 Å². The lowest BCUT2D eigenvalue weighted by molar-refractivity contribution is -0.342. The van der Waals surface area contributed by atoms with E-state index in [1.807, 2.05) is 44.2 Å². The predicted molar refractivity (Wildman–Crippen MR) is 306 cm³/mol. The first-order chi connectivity index (χ1) is 37.0. The number of esters is 4. The highest BCUT2D eigenvalue weighted by Gasteiger charge is 2.58. The van der Waals surface area contributed by atoms with E-state index < -0.39 is 73.7 Å². The highest BCUT2D eigenvalue weighted by molar-refractivity contribution is 6.74. The topological polar surface area (TPSA) is 198 Å². The Kier molecular flexibility index (Phi) is 28.0. The van der Waals surface area contributed by atoms with Crippen LogP contribution in [-0.4, -0.2) is 125 Å². The summed E-state index contributed by atoms with van der Waals surface area (Å²) in [6, 6.07) is 9.64. The molecule has 1 spiro atoms. The van der Waals surface area contributed by atoms with Crippen LogP contribution in [0, 0.1) is 23.2 Å². The van der Waals surface area contributed by atoms with E-state index in [1.54, 1.807) is 19.9 Å². The molecule has 448 valence electrons. The maximum atomic E-state index is 14.6. The smallest absolute Gasteiger partial charge is 0.330 e. The van der Waals surface area contributed by atoms with Gasteiger partial charge in [-0.3, -0.25) is 19.2 Å². The summed E-state index contributed by atoms with van der Waals surface area (Å²) in [5, 5.41) is 12.4. The highest BCUT2D eigenvalue weighted by Crippen LogP contribution is 2.49. The normalized spacial score (nSPS) is 28.2. The summed E-state index contributed by atoms with van der Waals surface area (Å²) in [5.41, 5.74) is -0.215. The van der Waals surface area contributed by atoms with Crippen LogP contribution in [0.4, 0.5) is 0 Å². The highest BCUT2D eigenvalue weighted by atomic mass is 28.4. The fourth-order valence-electron chi connectivity index (χ4n) is 10.7. The molecule has 1 N–H and O–H groups in total. The van der Waals surface area contributed by atoms with Gasteiger partial charge in [-0.15, -0.1) is 6.58 Å². The molecular formula is C62H100O16Si. The van der Waals surface area contributed by atoms with Crippen molar-refractivity contribution in [2.45, 2.75) is 245 Å². The molecule has 16 nitrogen and oxygen atoms in total. The van der Waals surface area contributed by atoms with E-state index in [0.717, 1.165) is 50.5 Å². The molecule has 0 bridgehead atoms. The molecule has 0 amide bonds. The molecule has 0 radical (unpaired) electrons. The van der Waals surface area contributed by atoms with Crippen molar-refractivity contribution in [1.29, 1.82) is 0 Å². The molecule has 1 aromatic carbocycles. The minimum absolute atomic E-state index is 0.00306. The standard InChI is InChI=1S/C56H88O14Si.C3H6O2.C3H6/c1-37(2)48-24-23-38(3)35-55(48)64-28-25-45(68-55)31-43-21-17-22-44(66-43)32-47(70-71(12,13)53(6,7)8)34-51(60)67-49(39(4)63-36-41-19-15-14-16-20-41)33-46-29-42(30-50(59)62-11)52(65-40(5)58)56(61,69-46)54(9,10)26-18-27-57;1-3(4)5-2;1-3-2/h14-16,18-20,26-27,30,37-39,43-49,52,61H,17,21-25,28-29,31-36H2,1-13H3;1-2H3;3H,1H2,2H3/b26-18+,42-30+;;/t38-,39-,43-,44+,45+,46+,47-,48+,49-,52?,55+,56-;;/m1../s1. The molecule has 3 saturated heterocycles. The summed E-state index contributed by atoms with van der Waals surface area (Å²) in [6.45, 7) is 31.5. The van der Waals surface area contributed by atoms with Crippen molar-refractivity contribution < 1.29 is 76.1 Å². The van der Waals surface area contributed by atoms with Gasteiger partial charge in [-0.05, 0) is 112 Å². The Morgan fingerprint density at radius 3 is 2.11 bits per heavy atom. The van der Waals surface area contributed by atoms with Gasteiger partial charge < -0.3 is 52.2 Å². The van der Waals surface area contributed by atoms with Crippen molar-refractivity contribution in [2.24, 2.45) is 23.2 Å². The van der Waals surface area contributed by atoms with Crippen molar-refractivity contribution in [1.82, 2.24) is 0 Å². The first-order valence-corrected chi connectivity index (χ1v) is 31.5.